The molecule has 1 unspecified atom stereocenters. The van der Waals surface area contributed by atoms with Gasteiger partial charge in [0.1, 0.15) is 0 Å². The summed E-state index contributed by atoms with van der Waals surface area (Å²) in [5.41, 5.74) is 0.885. The molecule has 1 aromatic carbocycles. The Hall–Kier alpha value is -2.01. The summed E-state index contributed by atoms with van der Waals surface area (Å²) in [5, 5.41) is 2.86. The molecule has 1 aliphatic heterocycles. The predicted molar refractivity (Wildman–Crippen MR) is 94.3 cm³/mol. The summed E-state index contributed by atoms with van der Waals surface area (Å²) >= 11 is 0. The Balaban J connectivity index is 1.89. The number of amides is 1. The molecule has 1 atom stereocenters. The number of rotatable bonds is 8. The van der Waals surface area contributed by atoms with Crippen molar-refractivity contribution in [2.45, 2.75) is 32.8 Å². The molecule has 0 spiro atoms. The lowest BCUT2D eigenvalue weighted by atomic mass is 10.2. The second-order valence-electron chi connectivity index (χ2n) is 6.33. The Morgan fingerprint density at radius 2 is 2.25 bits per heavy atom. The molecule has 1 saturated heterocycles. The first-order valence-electron chi connectivity index (χ1n) is 8.47. The summed E-state index contributed by atoms with van der Waals surface area (Å²) in [6, 6.07) is 5.63. The van der Waals surface area contributed by atoms with Crippen molar-refractivity contribution >= 4 is 12.0 Å². The third kappa shape index (κ3) is 5.89. The minimum Gasteiger partial charge on any atom is -0.493 e. The summed E-state index contributed by atoms with van der Waals surface area (Å²) in [7, 11) is 1.61. The van der Waals surface area contributed by atoms with E-state index in [1.54, 1.807) is 13.2 Å². The zero-order valence-electron chi connectivity index (χ0n) is 14.7. The van der Waals surface area contributed by atoms with E-state index < -0.39 is 0 Å². The van der Waals surface area contributed by atoms with Crippen LogP contribution in [-0.4, -0.2) is 38.9 Å². The third-order valence-corrected chi connectivity index (χ3v) is 3.71. The van der Waals surface area contributed by atoms with Crippen LogP contribution >= 0.6 is 0 Å². The molecule has 1 fully saturated rings. The Bertz CT molecular complexity index is 562. The molecule has 132 valence electrons. The number of nitrogens with one attached hydrogen (secondary N) is 1. The molecule has 1 aliphatic rings. The van der Waals surface area contributed by atoms with E-state index in [9.17, 15) is 4.79 Å². The summed E-state index contributed by atoms with van der Waals surface area (Å²) in [4.78, 5) is 11.9. The van der Waals surface area contributed by atoms with Gasteiger partial charge in [0.2, 0.25) is 5.91 Å². The molecule has 0 radical (unpaired) electrons. The largest absolute Gasteiger partial charge is 0.493 e. The van der Waals surface area contributed by atoms with Crippen LogP contribution in [0.25, 0.3) is 6.08 Å². The number of hydrogen-bond acceptors (Lipinski definition) is 4. The maximum absolute atomic E-state index is 11.9. The van der Waals surface area contributed by atoms with Crippen molar-refractivity contribution in [2.75, 3.05) is 26.9 Å². The van der Waals surface area contributed by atoms with Gasteiger partial charge in [0.05, 0.1) is 19.8 Å². The maximum Gasteiger partial charge on any atom is 0.244 e. The van der Waals surface area contributed by atoms with Gasteiger partial charge >= 0.3 is 0 Å². The van der Waals surface area contributed by atoms with E-state index in [4.69, 9.17) is 14.2 Å². The lowest BCUT2D eigenvalue weighted by Gasteiger charge is -2.12. The smallest absolute Gasteiger partial charge is 0.244 e. The minimum absolute atomic E-state index is 0.121. The maximum atomic E-state index is 11.9. The lowest BCUT2D eigenvalue weighted by molar-refractivity contribution is -0.116. The van der Waals surface area contributed by atoms with Crippen molar-refractivity contribution in [1.29, 1.82) is 0 Å². The molecule has 0 saturated carbocycles. The van der Waals surface area contributed by atoms with Crippen LogP contribution in [0.15, 0.2) is 24.3 Å². The van der Waals surface area contributed by atoms with Gasteiger partial charge < -0.3 is 19.5 Å². The van der Waals surface area contributed by atoms with Crippen LogP contribution in [0.3, 0.4) is 0 Å². The van der Waals surface area contributed by atoms with Gasteiger partial charge in [-0.05, 0) is 42.5 Å². The van der Waals surface area contributed by atoms with Gasteiger partial charge in [0, 0.05) is 19.2 Å². The average Bonchev–Trinajstić information content (AvgIpc) is 3.10. The van der Waals surface area contributed by atoms with E-state index in [0.29, 0.717) is 30.6 Å². The Morgan fingerprint density at radius 1 is 1.42 bits per heavy atom. The zero-order valence-corrected chi connectivity index (χ0v) is 14.7. The monoisotopic (exact) mass is 333 g/mol. The number of benzene rings is 1. The number of methoxy groups -OCH3 is 1. The first-order valence-corrected chi connectivity index (χ1v) is 8.47. The van der Waals surface area contributed by atoms with Gasteiger partial charge in [-0.1, -0.05) is 19.9 Å². The molecule has 1 heterocycles. The highest BCUT2D eigenvalue weighted by atomic mass is 16.5. The number of ether oxygens (including phenoxy) is 3. The quantitative estimate of drug-likeness (QED) is 0.743. The van der Waals surface area contributed by atoms with Crippen LogP contribution in [0.1, 0.15) is 32.3 Å². The van der Waals surface area contributed by atoms with Gasteiger partial charge in [0.25, 0.3) is 0 Å². The molecule has 0 aromatic heterocycles. The fourth-order valence-electron chi connectivity index (χ4n) is 2.41. The topological polar surface area (TPSA) is 56.8 Å². The number of carbonyl (C=O) groups excluding carboxylic acids is 1. The van der Waals surface area contributed by atoms with Crippen LogP contribution in [0.4, 0.5) is 0 Å². The molecule has 0 aliphatic carbocycles. The van der Waals surface area contributed by atoms with Crippen LogP contribution < -0.4 is 14.8 Å². The van der Waals surface area contributed by atoms with Crippen molar-refractivity contribution in [3.05, 3.63) is 29.8 Å². The molecule has 1 aromatic rings. The standard InChI is InChI=1S/C19H27NO4/c1-14(2)13-24-17-8-6-15(11-18(17)22-3)7-9-19(21)20-12-16-5-4-10-23-16/h6-9,11,14,16H,4-5,10,12-13H2,1-3H3,(H,20,21)/b9-7+. The van der Waals surface area contributed by atoms with E-state index in [2.05, 4.69) is 19.2 Å². The fourth-order valence-corrected chi connectivity index (χ4v) is 2.41. The summed E-state index contributed by atoms with van der Waals surface area (Å²) < 4.78 is 16.6. The molecule has 5 heteroatoms. The van der Waals surface area contributed by atoms with E-state index in [-0.39, 0.29) is 12.0 Å². The van der Waals surface area contributed by atoms with Crippen molar-refractivity contribution in [3.63, 3.8) is 0 Å². The van der Waals surface area contributed by atoms with Gasteiger partial charge in [-0.15, -0.1) is 0 Å². The van der Waals surface area contributed by atoms with Crippen LogP contribution in [0, 0.1) is 5.92 Å². The summed E-state index contributed by atoms with van der Waals surface area (Å²) in [5.74, 6) is 1.70. The first kappa shape index (κ1) is 18.3. The Labute approximate surface area is 144 Å². The molecular weight excluding hydrogens is 306 g/mol. The van der Waals surface area contributed by atoms with Crippen molar-refractivity contribution in [3.8, 4) is 11.5 Å². The molecular formula is C19H27NO4. The van der Waals surface area contributed by atoms with E-state index in [0.717, 1.165) is 25.0 Å². The van der Waals surface area contributed by atoms with E-state index in [1.807, 2.05) is 18.2 Å². The molecule has 2 rings (SSSR count). The SMILES string of the molecule is COc1cc(/C=C/C(=O)NCC2CCCO2)ccc1OCC(C)C. The van der Waals surface area contributed by atoms with Gasteiger partial charge in [-0.25, -0.2) is 0 Å². The van der Waals surface area contributed by atoms with Gasteiger partial charge in [-0.2, -0.15) is 0 Å². The minimum atomic E-state index is -0.121. The Kier molecular flexibility index (Phi) is 7.12. The van der Waals surface area contributed by atoms with Crippen molar-refractivity contribution in [1.82, 2.24) is 5.32 Å². The normalized spacial score (nSPS) is 17.4. The van der Waals surface area contributed by atoms with Gasteiger partial charge in [0.15, 0.2) is 11.5 Å². The number of carbonyl (C=O) groups is 1. The van der Waals surface area contributed by atoms with Crippen LogP contribution in [0.5, 0.6) is 11.5 Å². The molecule has 24 heavy (non-hydrogen) atoms. The molecule has 1 amide bonds. The highest BCUT2D eigenvalue weighted by Crippen LogP contribution is 2.28. The highest BCUT2D eigenvalue weighted by Gasteiger charge is 2.15. The Morgan fingerprint density at radius 3 is 2.92 bits per heavy atom. The number of hydrogen-bond donors (Lipinski definition) is 1. The molecule has 5 nitrogen and oxygen atoms in total. The van der Waals surface area contributed by atoms with Crippen LogP contribution in [-0.2, 0) is 9.53 Å². The molecule has 1 N–H and O–H groups in total. The summed E-state index contributed by atoms with van der Waals surface area (Å²) in [6.45, 7) is 6.19. The fraction of sp³-hybridized carbons (Fsp3) is 0.526. The third-order valence-electron chi connectivity index (χ3n) is 3.71. The zero-order chi connectivity index (χ0) is 17.4. The van der Waals surface area contributed by atoms with Crippen molar-refractivity contribution in [2.24, 2.45) is 5.92 Å². The lowest BCUT2D eigenvalue weighted by Crippen LogP contribution is -2.30. The van der Waals surface area contributed by atoms with Crippen LogP contribution in [0.2, 0.25) is 0 Å². The van der Waals surface area contributed by atoms with E-state index in [1.165, 1.54) is 6.08 Å². The van der Waals surface area contributed by atoms with Crippen molar-refractivity contribution < 1.29 is 19.0 Å². The first-order chi connectivity index (χ1) is 11.6. The second-order valence-corrected chi connectivity index (χ2v) is 6.33. The predicted octanol–water partition coefficient (Wildman–Crippen LogP) is 3.04. The average molecular weight is 333 g/mol. The van der Waals surface area contributed by atoms with Gasteiger partial charge in [-0.3, -0.25) is 4.79 Å². The second kappa shape index (κ2) is 9.33. The summed E-state index contributed by atoms with van der Waals surface area (Å²) in [6.07, 6.45) is 5.53. The highest BCUT2D eigenvalue weighted by molar-refractivity contribution is 5.91. The van der Waals surface area contributed by atoms with E-state index >= 15 is 0 Å². The molecule has 0 bridgehead atoms.